The van der Waals surface area contributed by atoms with Gasteiger partial charge >= 0.3 is 5.97 Å². The molecule has 0 aromatic carbocycles. The fourth-order valence-corrected chi connectivity index (χ4v) is 0.0956. The van der Waals surface area contributed by atoms with E-state index in [9.17, 15) is 4.79 Å². The summed E-state index contributed by atoms with van der Waals surface area (Å²) in [5.74, 6) is -0.961. The van der Waals surface area contributed by atoms with Crippen LogP contribution in [0.2, 0.25) is 0 Å². The van der Waals surface area contributed by atoms with Crippen LogP contribution in [0.25, 0.3) is 0 Å². The smallest absolute Gasteiger partial charge is 0.305 e. The van der Waals surface area contributed by atoms with Gasteiger partial charge in [0.15, 0.2) is 0 Å². The van der Waals surface area contributed by atoms with Crippen molar-refractivity contribution in [1.29, 1.82) is 0 Å². The predicted molar refractivity (Wildman–Crippen MR) is 53.1 cm³/mol. The zero-order chi connectivity index (χ0) is 9.49. The molecule has 0 unspecified atom stereocenters. The zero-order valence-electron chi connectivity index (χ0n) is 7.09. The molecule has 3 nitrogen and oxygen atoms in total. The molecule has 0 aromatic rings. The van der Waals surface area contributed by atoms with E-state index in [0.717, 1.165) is 0 Å². The van der Waals surface area contributed by atoms with Gasteiger partial charge in [0.05, 0.1) is 13.0 Å². The molecular formula is C7H15IO3. The molecule has 4 heteroatoms. The fraction of sp³-hybridized carbons (Fsp3) is 0.857. The first-order valence-electron chi connectivity index (χ1n) is 3.29. The molecule has 0 atom stereocenters. The average molecular weight is 274 g/mol. The predicted octanol–water partition coefficient (Wildman–Crippen LogP) is 1.67. The summed E-state index contributed by atoms with van der Waals surface area (Å²) < 4.78 is 0.470. The summed E-state index contributed by atoms with van der Waals surface area (Å²) >= 11 is 2.38. The maximum Gasteiger partial charge on any atom is 0.305 e. The average Bonchev–Trinajstić information content (AvgIpc) is 1.58. The Morgan fingerprint density at radius 1 is 1.45 bits per heavy atom. The Kier molecular flexibility index (Phi) is 8.54. The van der Waals surface area contributed by atoms with Gasteiger partial charge in [-0.3, -0.25) is 4.79 Å². The Morgan fingerprint density at radius 2 is 1.73 bits per heavy atom. The third-order valence-electron chi connectivity index (χ3n) is 0.326. The molecule has 0 aromatic heterocycles. The van der Waals surface area contributed by atoms with Crippen molar-refractivity contribution in [3.63, 3.8) is 0 Å². The third-order valence-corrected chi connectivity index (χ3v) is 0.326. The number of carboxylic acids is 1. The number of carboxylic acid groups (broad SMARTS) is 1. The number of alkyl halides is 1. The first-order valence-corrected chi connectivity index (χ1v) is 4.37. The molecule has 0 heterocycles. The molecule has 0 fully saturated rings. The van der Waals surface area contributed by atoms with E-state index < -0.39 is 5.97 Å². The molecule has 0 aliphatic heterocycles. The van der Waals surface area contributed by atoms with Gasteiger partial charge in [-0.15, -0.1) is 0 Å². The Balaban J connectivity index is 0. The van der Waals surface area contributed by atoms with Gasteiger partial charge in [-0.1, -0.05) is 43.4 Å². The lowest BCUT2D eigenvalue weighted by atomic mass is 10.3. The monoisotopic (exact) mass is 274 g/mol. The quantitative estimate of drug-likeness (QED) is 0.595. The highest BCUT2D eigenvalue weighted by Crippen LogP contribution is 2.12. The van der Waals surface area contributed by atoms with Crippen molar-refractivity contribution in [2.24, 2.45) is 0 Å². The molecule has 0 aliphatic carbocycles. The number of carbonyl (C=O) groups is 1. The van der Waals surface area contributed by atoms with Crippen molar-refractivity contribution in [2.45, 2.75) is 30.6 Å². The van der Waals surface area contributed by atoms with E-state index in [-0.39, 0.29) is 13.0 Å². The topological polar surface area (TPSA) is 57.5 Å². The molecule has 11 heavy (non-hydrogen) atoms. The van der Waals surface area contributed by atoms with Crippen LogP contribution in [0.15, 0.2) is 0 Å². The SMILES string of the molecule is CC(C)(C)I.O=C(O)CCO. The number of rotatable bonds is 2. The Morgan fingerprint density at radius 3 is 1.73 bits per heavy atom. The molecule has 2 N–H and O–H groups in total. The highest BCUT2D eigenvalue weighted by molar-refractivity contribution is 14.1. The third kappa shape index (κ3) is 67.7. The van der Waals surface area contributed by atoms with E-state index in [4.69, 9.17) is 10.2 Å². The second-order valence-corrected chi connectivity index (χ2v) is 6.17. The number of aliphatic carboxylic acids is 1. The van der Waals surface area contributed by atoms with E-state index in [1.807, 2.05) is 0 Å². The summed E-state index contributed by atoms with van der Waals surface area (Å²) in [6, 6.07) is 0. The molecule has 68 valence electrons. The van der Waals surface area contributed by atoms with E-state index >= 15 is 0 Å². The summed E-state index contributed by atoms with van der Waals surface area (Å²) in [6.45, 7) is 6.25. The number of hydrogen-bond donors (Lipinski definition) is 2. The summed E-state index contributed by atoms with van der Waals surface area (Å²) in [4.78, 5) is 9.44. The van der Waals surface area contributed by atoms with Crippen LogP contribution in [-0.4, -0.2) is 26.2 Å². The summed E-state index contributed by atoms with van der Waals surface area (Å²) in [6.07, 6.45) is -0.153. The van der Waals surface area contributed by atoms with Crippen molar-refractivity contribution >= 4 is 28.6 Å². The van der Waals surface area contributed by atoms with Gasteiger partial charge in [-0.05, 0) is 0 Å². The molecule has 0 rings (SSSR count). The van der Waals surface area contributed by atoms with Crippen LogP contribution in [0.3, 0.4) is 0 Å². The highest BCUT2D eigenvalue weighted by Gasteiger charge is 1.98. The normalized spacial score (nSPS) is 9.91. The summed E-state index contributed by atoms with van der Waals surface area (Å²) in [5.41, 5.74) is 0. The molecule has 0 aliphatic rings. The Bertz CT molecular complexity index is 101. The van der Waals surface area contributed by atoms with Crippen molar-refractivity contribution < 1.29 is 15.0 Å². The molecular weight excluding hydrogens is 259 g/mol. The van der Waals surface area contributed by atoms with Gasteiger partial charge < -0.3 is 10.2 Å². The maximum absolute atomic E-state index is 9.44. The maximum atomic E-state index is 9.44. The number of aliphatic hydroxyl groups excluding tert-OH is 1. The summed E-state index contributed by atoms with van der Waals surface area (Å²) in [7, 11) is 0. The lowest BCUT2D eigenvalue weighted by Crippen LogP contribution is -1.97. The number of hydrogen-bond acceptors (Lipinski definition) is 2. The van der Waals surface area contributed by atoms with Gasteiger partial charge in [-0.2, -0.15) is 0 Å². The minimum absolute atomic E-state index is 0.153. The molecule has 0 spiro atoms. The van der Waals surface area contributed by atoms with Gasteiger partial charge in [0, 0.05) is 3.42 Å². The van der Waals surface area contributed by atoms with Crippen molar-refractivity contribution in [1.82, 2.24) is 0 Å². The largest absolute Gasteiger partial charge is 0.481 e. The molecule has 0 amide bonds. The second kappa shape index (κ2) is 6.84. The molecule has 0 saturated heterocycles. The van der Waals surface area contributed by atoms with Crippen LogP contribution in [0, 0.1) is 0 Å². The van der Waals surface area contributed by atoms with Crippen LogP contribution in [0.1, 0.15) is 27.2 Å². The first-order chi connectivity index (χ1) is 4.77. The highest BCUT2D eigenvalue weighted by atomic mass is 127. The summed E-state index contributed by atoms with van der Waals surface area (Å²) in [5, 5.41) is 15.6. The molecule has 0 bridgehead atoms. The minimum Gasteiger partial charge on any atom is -0.481 e. The molecule has 0 radical (unpaired) electrons. The van der Waals surface area contributed by atoms with E-state index in [0.29, 0.717) is 3.42 Å². The van der Waals surface area contributed by atoms with E-state index in [2.05, 4.69) is 43.4 Å². The van der Waals surface area contributed by atoms with Crippen LogP contribution >= 0.6 is 22.6 Å². The van der Waals surface area contributed by atoms with Crippen LogP contribution in [0.5, 0.6) is 0 Å². The van der Waals surface area contributed by atoms with Gasteiger partial charge in [-0.25, -0.2) is 0 Å². The Labute approximate surface area is 80.9 Å². The van der Waals surface area contributed by atoms with E-state index in [1.54, 1.807) is 0 Å². The number of aliphatic hydroxyl groups is 1. The van der Waals surface area contributed by atoms with Gasteiger partial charge in [0.1, 0.15) is 0 Å². The lowest BCUT2D eigenvalue weighted by Gasteiger charge is -2.02. The standard InChI is InChI=1S/C4H9I.C3H6O3/c1-4(2,3)5;4-2-1-3(5)6/h1-3H3;4H,1-2H2,(H,5,6). The Hall–Kier alpha value is 0.160. The minimum atomic E-state index is -0.961. The van der Waals surface area contributed by atoms with Gasteiger partial charge in [0.2, 0.25) is 0 Å². The van der Waals surface area contributed by atoms with Gasteiger partial charge in [0.25, 0.3) is 0 Å². The fourth-order valence-electron chi connectivity index (χ4n) is 0.0956. The zero-order valence-corrected chi connectivity index (χ0v) is 9.25. The molecule has 0 saturated carbocycles. The van der Waals surface area contributed by atoms with Crippen molar-refractivity contribution in [3.05, 3.63) is 0 Å². The lowest BCUT2D eigenvalue weighted by molar-refractivity contribution is -0.137. The van der Waals surface area contributed by atoms with Crippen LogP contribution in [-0.2, 0) is 4.79 Å². The van der Waals surface area contributed by atoms with Crippen LogP contribution < -0.4 is 0 Å². The van der Waals surface area contributed by atoms with E-state index in [1.165, 1.54) is 0 Å². The van der Waals surface area contributed by atoms with Crippen molar-refractivity contribution in [3.8, 4) is 0 Å². The van der Waals surface area contributed by atoms with Crippen LogP contribution in [0.4, 0.5) is 0 Å². The number of halogens is 1. The second-order valence-electron chi connectivity index (χ2n) is 2.93. The van der Waals surface area contributed by atoms with Crippen molar-refractivity contribution in [2.75, 3.05) is 6.61 Å². The first kappa shape index (κ1) is 13.7.